The van der Waals surface area contributed by atoms with Crippen LogP contribution in [0.1, 0.15) is 65.2 Å². The van der Waals surface area contributed by atoms with E-state index in [1.165, 1.54) is 51.4 Å². The highest BCUT2D eigenvalue weighted by Crippen LogP contribution is 2.35. The summed E-state index contributed by atoms with van der Waals surface area (Å²) in [6.07, 6.45) is 11.0. The van der Waals surface area contributed by atoms with Gasteiger partial charge in [0.25, 0.3) is 0 Å². The van der Waals surface area contributed by atoms with Crippen LogP contribution in [0.15, 0.2) is 0 Å². The van der Waals surface area contributed by atoms with Gasteiger partial charge in [-0.25, -0.2) is 0 Å². The summed E-state index contributed by atoms with van der Waals surface area (Å²) >= 11 is 0. The number of hydrogen-bond acceptors (Lipinski definition) is 2. The molecule has 1 heterocycles. The van der Waals surface area contributed by atoms with Gasteiger partial charge in [0.15, 0.2) is 0 Å². The lowest BCUT2D eigenvalue weighted by molar-refractivity contribution is -0.131. The summed E-state index contributed by atoms with van der Waals surface area (Å²) in [5.41, 5.74) is 0. The molecule has 20 heavy (non-hydrogen) atoms. The van der Waals surface area contributed by atoms with Gasteiger partial charge in [0.2, 0.25) is 5.91 Å². The lowest BCUT2D eigenvalue weighted by Crippen LogP contribution is -2.45. The maximum Gasteiger partial charge on any atom is 0.240 e. The average Bonchev–Trinajstić information content (AvgIpc) is 3.03. The van der Waals surface area contributed by atoms with E-state index in [1.807, 2.05) is 6.92 Å². The summed E-state index contributed by atoms with van der Waals surface area (Å²) in [6.45, 7) is 5.41. The molecule has 1 aliphatic heterocycles. The van der Waals surface area contributed by atoms with Gasteiger partial charge in [-0.2, -0.15) is 0 Å². The van der Waals surface area contributed by atoms with Gasteiger partial charge in [0, 0.05) is 6.54 Å². The molecule has 2 aliphatic carbocycles. The molecule has 1 N–H and O–H groups in total. The van der Waals surface area contributed by atoms with E-state index in [0.717, 1.165) is 18.4 Å². The number of rotatable bonds is 3. The van der Waals surface area contributed by atoms with E-state index in [4.69, 9.17) is 0 Å². The van der Waals surface area contributed by atoms with Crippen LogP contribution in [0.4, 0.5) is 0 Å². The minimum absolute atomic E-state index is 0.0293. The topological polar surface area (TPSA) is 32.3 Å². The third-order valence-electron chi connectivity index (χ3n) is 5.76. The van der Waals surface area contributed by atoms with Crippen molar-refractivity contribution in [3.63, 3.8) is 0 Å². The van der Waals surface area contributed by atoms with Crippen molar-refractivity contribution in [1.82, 2.24) is 10.2 Å². The van der Waals surface area contributed by atoms with Gasteiger partial charge in [-0.1, -0.05) is 32.6 Å². The normalized spacial score (nSPS) is 39.7. The van der Waals surface area contributed by atoms with Gasteiger partial charge in [0.1, 0.15) is 0 Å². The van der Waals surface area contributed by atoms with Gasteiger partial charge < -0.3 is 4.90 Å². The summed E-state index contributed by atoms with van der Waals surface area (Å²) in [6, 6.07) is 0.0293. The Morgan fingerprint density at radius 3 is 2.55 bits per heavy atom. The second-order valence-corrected chi connectivity index (χ2v) is 7.51. The van der Waals surface area contributed by atoms with Crippen LogP contribution in [0.25, 0.3) is 0 Å². The Morgan fingerprint density at radius 2 is 1.85 bits per heavy atom. The number of carbonyl (C=O) groups is 1. The van der Waals surface area contributed by atoms with Crippen molar-refractivity contribution in [3.05, 3.63) is 0 Å². The third-order valence-corrected chi connectivity index (χ3v) is 5.76. The summed E-state index contributed by atoms with van der Waals surface area (Å²) in [7, 11) is 0. The highest BCUT2D eigenvalue weighted by Gasteiger charge is 2.42. The molecule has 0 aromatic heterocycles. The molecule has 114 valence electrons. The lowest BCUT2D eigenvalue weighted by atomic mass is 9.82. The van der Waals surface area contributed by atoms with Crippen LogP contribution in [0, 0.1) is 17.8 Å². The molecule has 0 spiro atoms. The molecule has 3 rings (SSSR count). The molecule has 1 amide bonds. The van der Waals surface area contributed by atoms with E-state index in [0.29, 0.717) is 18.0 Å². The zero-order valence-corrected chi connectivity index (χ0v) is 13.1. The number of amides is 1. The molecular formula is C17H30N2O. The van der Waals surface area contributed by atoms with E-state index < -0.39 is 0 Å². The second kappa shape index (κ2) is 6.05. The quantitative estimate of drug-likeness (QED) is 0.860. The smallest absolute Gasteiger partial charge is 0.240 e. The molecule has 0 radical (unpaired) electrons. The summed E-state index contributed by atoms with van der Waals surface area (Å²) < 4.78 is 0. The highest BCUT2D eigenvalue weighted by molar-refractivity contribution is 5.84. The number of nitrogens with one attached hydrogen (secondary N) is 1. The SMILES string of the molecule is CC1CCCC(CN2C(=O)C(C)NC2C2CCCC2)C1. The van der Waals surface area contributed by atoms with Crippen molar-refractivity contribution < 1.29 is 4.79 Å². The van der Waals surface area contributed by atoms with Gasteiger partial charge in [-0.3, -0.25) is 10.1 Å². The summed E-state index contributed by atoms with van der Waals surface area (Å²) in [4.78, 5) is 14.7. The Balaban J connectivity index is 1.66. The second-order valence-electron chi connectivity index (χ2n) is 7.51. The largest absolute Gasteiger partial charge is 0.325 e. The Hall–Kier alpha value is -0.570. The first-order chi connectivity index (χ1) is 9.65. The molecule has 3 nitrogen and oxygen atoms in total. The van der Waals surface area contributed by atoms with E-state index in [2.05, 4.69) is 17.1 Å². The Morgan fingerprint density at radius 1 is 1.10 bits per heavy atom. The maximum atomic E-state index is 12.5. The van der Waals surface area contributed by atoms with Crippen LogP contribution in [0.5, 0.6) is 0 Å². The van der Waals surface area contributed by atoms with E-state index in [9.17, 15) is 4.79 Å². The first kappa shape index (κ1) is 14.4. The summed E-state index contributed by atoms with van der Waals surface area (Å²) in [5.74, 6) is 2.63. The van der Waals surface area contributed by atoms with Crippen molar-refractivity contribution >= 4 is 5.91 Å². The number of hydrogen-bond donors (Lipinski definition) is 1. The van der Waals surface area contributed by atoms with Crippen molar-refractivity contribution in [2.75, 3.05) is 6.54 Å². The van der Waals surface area contributed by atoms with Gasteiger partial charge >= 0.3 is 0 Å². The molecule has 0 aromatic carbocycles. The summed E-state index contributed by atoms with van der Waals surface area (Å²) in [5, 5.41) is 3.57. The Kier molecular flexibility index (Phi) is 4.34. The first-order valence-electron chi connectivity index (χ1n) is 8.71. The molecule has 0 aromatic rings. The molecule has 2 saturated carbocycles. The van der Waals surface area contributed by atoms with Crippen LogP contribution < -0.4 is 5.32 Å². The predicted molar refractivity (Wildman–Crippen MR) is 81.2 cm³/mol. The maximum absolute atomic E-state index is 12.5. The zero-order valence-electron chi connectivity index (χ0n) is 13.1. The monoisotopic (exact) mass is 278 g/mol. The molecule has 0 bridgehead atoms. The standard InChI is InChI=1S/C17H30N2O/c1-12-6-5-7-14(10-12)11-19-16(15-8-3-4-9-15)18-13(2)17(19)20/h12-16,18H,3-11H2,1-2H3. The minimum Gasteiger partial charge on any atom is -0.325 e. The van der Waals surface area contributed by atoms with Crippen LogP contribution >= 0.6 is 0 Å². The molecule has 1 saturated heterocycles. The van der Waals surface area contributed by atoms with Crippen molar-refractivity contribution in [1.29, 1.82) is 0 Å². The third kappa shape index (κ3) is 2.88. The fraction of sp³-hybridized carbons (Fsp3) is 0.941. The Labute approximate surface area is 123 Å². The zero-order chi connectivity index (χ0) is 14.1. The first-order valence-corrected chi connectivity index (χ1v) is 8.71. The van der Waals surface area contributed by atoms with Gasteiger partial charge in [0.05, 0.1) is 12.2 Å². The predicted octanol–water partition coefficient (Wildman–Crippen LogP) is 3.15. The van der Waals surface area contributed by atoms with Crippen molar-refractivity contribution in [2.45, 2.75) is 77.4 Å². The van der Waals surface area contributed by atoms with Crippen LogP contribution in [0.3, 0.4) is 0 Å². The highest BCUT2D eigenvalue weighted by atomic mass is 16.2. The van der Waals surface area contributed by atoms with Crippen molar-refractivity contribution in [3.8, 4) is 0 Å². The Bertz CT molecular complexity index is 351. The molecule has 3 fully saturated rings. The average molecular weight is 278 g/mol. The van der Waals surface area contributed by atoms with Crippen LogP contribution in [-0.4, -0.2) is 29.6 Å². The molecule has 3 aliphatic rings. The number of carbonyl (C=O) groups excluding carboxylic acids is 1. The molecule has 4 atom stereocenters. The van der Waals surface area contributed by atoms with E-state index in [-0.39, 0.29) is 6.04 Å². The lowest BCUT2D eigenvalue weighted by Gasteiger charge is -2.35. The fourth-order valence-electron chi connectivity index (χ4n) is 4.67. The molecule has 4 unspecified atom stereocenters. The fourth-order valence-corrected chi connectivity index (χ4v) is 4.67. The minimum atomic E-state index is 0.0293. The van der Waals surface area contributed by atoms with Crippen LogP contribution in [-0.2, 0) is 4.79 Å². The molecule has 3 heteroatoms. The van der Waals surface area contributed by atoms with Crippen molar-refractivity contribution in [2.24, 2.45) is 17.8 Å². The van der Waals surface area contributed by atoms with E-state index in [1.54, 1.807) is 0 Å². The van der Waals surface area contributed by atoms with Gasteiger partial charge in [-0.05, 0) is 50.4 Å². The molecular weight excluding hydrogens is 248 g/mol. The van der Waals surface area contributed by atoms with Gasteiger partial charge in [-0.15, -0.1) is 0 Å². The number of nitrogens with zero attached hydrogens (tertiary/aromatic N) is 1. The van der Waals surface area contributed by atoms with Crippen LogP contribution in [0.2, 0.25) is 0 Å². The van der Waals surface area contributed by atoms with E-state index >= 15 is 0 Å².